The van der Waals surface area contributed by atoms with Crippen molar-refractivity contribution in [2.45, 2.75) is 68.6 Å². The lowest BCUT2D eigenvalue weighted by atomic mass is 9.94. The van der Waals surface area contributed by atoms with Crippen molar-refractivity contribution in [3.63, 3.8) is 0 Å². The second-order valence-electron chi connectivity index (χ2n) is 5.21. The van der Waals surface area contributed by atoms with Crippen LogP contribution >= 0.6 is 11.8 Å². The lowest BCUT2D eigenvalue weighted by Gasteiger charge is -2.33. The van der Waals surface area contributed by atoms with E-state index in [1.54, 1.807) is 0 Å². The van der Waals surface area contributed by atoms with Crippen LogP contribution in [-0.4, -0.2) is 35.3 Å². The molecule has 3 aliphatic rings. The van der Waals surface area contributed by atoms with Crippen molar-refractivity contribution < 1.29 is 4.74 Å². The largest absolute Gasteiger partial charge is 0.373 e. The third-order valence-corrected chi connectivity index (χ3v) is 5.52. The lowest BCUT2D eigenvalue weighted by molar-refractivity contribution is 0.0957. The van der Waals surface area contributed by atoms with Crippen LogP contribution in [0.4, 0.5) is 0 Å². The number of fused-ring (bicyclic) bond motifs is 2. The molecule has 0 aromatic carbocycles. The Labute approximate surface area is 96.5 Å². The van der Waals surface area contributed by atoms with E-state index in [2.05, 4.69) is 24.0 Å². The van der Waals surface area contributed by atoms with Crippen molar-refractivity contribution in [2.75, 3.05) is 5.75 Å². The highest BCUT2D eigenvalue weighted by atomic mass is 32.2. The summed E-state index contributed by atoms with van der Waals surface area (Å²) in [5, 5.41) is 4.64. The first-order chi connectivity index (χ1) is 7.33. The molecule has 0 aromatic heterocycles. The van der Waals surface area contributed by atoms with Gasteiger partial charge in [-0.2, -0.15) is 11.8 Å². The summed E-state index contributed by atoms with van der Waals surface area (Å²) >= 11 is 2.13. The van der Waals surface area contributed by atoms with E-state index in [-0.39, 0.29) is 0 Å². The van der Waals surface area contributed by atoms with Crippen LogP contribution in [0.5, 0.6) is 0 Å². The topological polar surface area (TPSA) is 21.3 Å². The molecular formula is C12H21NOS. The third-order valence-electron chi connectivity index (χ3n) is 4.14. The molecule has 0 saturated carbocycles. The van der Waals surface area contributed by atoms with Gasteiger partial charge in [-0.25, -0.2) is 0 Å². The van der Waals surface area contributed by atoms with Gasteiger partial charge in [0.15, 0.2) is 0 Å². The molecule has 15 heavy (non-hydrogen) atoms. The monoisotopic (exact) mass is 227 g/mol. The van der Waals surface area contributed by atoms with Crippen LogP contribution in [0.2, 0.25) is 0 Å². The first kappa shape index (κ1) is 10.4. The average molecular weight is 227 g/mol. The average Bonchev–Trinajstić information content (AvgIpc) is 2.83. The summed E-state index contributed by atoms with van der Waals surface area (Å²) in [5.41, 5.74) is 0. The Morgan fingerprint density at radius 3 is 2.80 bits per heavy atom. The fourth-order valence-corrected chi connectivity index (χ4v) is 4.38. The van der Waals surface area contributed by atoms with Gasteiger partial charge < -0.3 is 10.1 Å². The van der Waals surface area contributed by atoms with Gasteiger partial charge in [0.2, 0.25) is 0 Å². The van der Waals surface area contributed by atoms with E-state index in [4.69, 9.17) is 4.74 Å². The zero-order valence-corrected chi connectivity index (χ0v) is 10.3. The molecule has 0 spiro atoms. The molecule has 3 heteroatoms. The summed E-state index contributed by atoms with van der Waals surface area (Å²) < 4.78 is 5.89. The number of hydrogen-bond donors (Lipinski definition) is 1. The van der Waals surface area contributed by atoms with Gasteiger partial charge in [-0.05, 0) is 37.9 Å². The maximum atomic E-state index is 5.89. The van der Waals surface area contributed by atoms with Crippen LogP contribution in [0.3, 0.4) is 0 Å². The number of rotatable bonds is 2. The minimum Gasteiger partial charge on any atom is -0.373 e. The van der Waals surface area contributed by atoms with Crippen LogP contribution in [-0.2, 0) is 4.74 Å². The van der Waals surface area contributed by atoms with Crippen molar-refractivity contribution in [3.05, 3.63) is 0 Å². The van der Waals surface area contributed by atoms with Gasteiger partial charge in [0.25, 0.3) is 0 Å². The minimum atomic E-state index is 0.536. The second-order valence-corrected chi connectivity index (χ2v) is 6.69. The molecule has 86 valence electrons. The second kappa shape index (κ2) is 4.27. The Kier molecular flexibility index (Phi) is 2.97. The molecule has 5 unspecified atom stereocenters. The van der Waals surface area contributed by atoms with Gasteiger partial charge in [0.05, 0.1) is 12.2 Å². The molecule has 3 rings (SSSR count). The van der Waals surface area contributed by atoms with Crippen molar-refractivity contribution >= 4 is 11.8 Å². The molecule has 0 radical (unpaired) electrons. The lowest BCUT2D eigenvalue weighted by Crippen LogP contribution is -2.48. The quantitative estimate of drug-likeness (QED) is 0.781. The van der Waals surface area contributed by atoms with E-state index < -0.39 is 0 Å². The zero-order chi connectivity index (χ0) is 10.3. The van der Waals surface area contributed by atoms with Crippen molar-refractivity contribution in [2.24, 2.45) is 0 Å². The highest BCUT2D eigenvalue weighted by Crippen LogP contribution is 2.35. The predicted octanol–water partition coefficient (Wildman–Crippen LogP) is 2.18. The smallest absolute Gasteiger partial charge is 0.0733 e. The molecule has 3 fully saturated rings. The summed E-state index contributed by atoms with van der Waals surface area (Å²) in [7, 11) is 0. The van der Waals surface area contributed by atoms with E-state index in [1.807, 2.05) is 0 Å². The summed E-state index contributed by atoms with van der Waals surface area (Å²) in [6, 6.07) is 1.39. The molecule has 5 atom stereocenters. The number of nitrogens with one attached hydrogen (secondary N) is 1. The fourth-order valence-electron chi connectivity index (χ4n) is 3.23. The third kappa shape index (κ3) is 2.06. The zero-order valence-electron chi connectivity index (χ0n) is 9.45. The molecule has 2 bridgehead atoms. The van der Waals surface area contributed by atoms with Crippen LogP contribution in [0.1, 0.15) is 39.0 Å². The Hall–Kier alpha value is 0.270. The standard InChI is InChI=1S/C12H21NOS/c1-8-10(3-2-6-15-8)13-11-7-9-4-5-12(11)14-9/h8-13H,2-7H2,1H3. The molecule has 3 aliphatic heterocycles. The molecule has 1 N–H and O–H groups in total. The Balaban J connectivity index is 1.56. The highest BCUT2D eigenvalue weighted by Gasteiger charge is 2.41. The van der Waals surface area contributed by atoms with E-state index in [1.165, 1.54) is 37.9 Å². The molecular weight excluding hydrogens is 206 g/mol. The summed E-state index contributed by atoms with van der Waals surface area (Å²) in [6.07, 6.45) is 7.72. The molecule has 2 nitrogen and oxygen atoms in total. The number of thioether (sulfide) groups is 1. The molecule has 0 aliphatic carbocycles. The van der Waals surface area contributed by atoms with E-state index in [9.17, 15) is 0 Å². The van der Waals surface area contributed by atoms with Gasteiger partial charge in [0.1, 0.15) is 0 Å². The fraction of sp³-hybridized carbons (Fsp3) is 1.00. The van der Waals surface area contributed by atoms with Gasteiger partial charge in [-0.1, -0.05) is 6.92 Å². The van der Waals surface area contributed by atoms with Crippen LogP contribution in [0.15, 0.2) is 0 Å². The number of hydrogen-bond acceptors (Lipinski definition) is 3. The number of ether oxygens (including phenoxy) is 1. The molecule has 3 heterocycles. The van der Waals surface area contributed by atoms with E-state index in [0.717, 1.165) is 11.3 Å². The molecule has 0 amide bonds. The summed E-state index contributed by atoms with van der Waals surface area (Å²) in [5.74, 6) is 1.35. The molecule has 3 saturated heterocycles. The maximum absolute atomic E-state index is 5.89. The van der Waals surface area contributed by atoms with Gasteiger partial charge in [-0.15, -0.1) is 0 Å². The summed E-state index contributed by atoms with van der Waals surface area (Å²) in [6.45, 7) is 2.37. The predicted molar refractivity (Wildman–Crippen MR) is 64.4 cm³/mol. The van der Waals surface area contributed by atoms with Gasteiger partial charge >= 0.3 is 0 Å². The van der Waals surface area contributed by atoms with E-state index in [0.29, 0.717) is 18.2 Å². The van der Waals surface area contributed by atoms with E-state index >= 15 is 0 Å². The van der Waals surface area contributed by atoms with Crippen molar-refractivity contribution in [1.29, 1.82) is 0 Å². The summed E-state index contributed by atoms with van der Waals surface area (Å²) in [4.78, 5) is 0. The highest BCUT2D eigenvalue weighted by molar-refractivity contribution is 7.99. The normalized spacial score (nSPS) is 49.8. The minimum absolute atomic E-state index is 0.536. The Morgan fingerprint density at radius 2 is 2.13 bits per heavy atom. The molecule has 0 aromatic rings. The van der Waals surface area contributed by atoms with Crippen molar-refractivity contribution in [3.8, 4) is 0 Å². The first-order valence-electron chi connectivity index (χ1n) is 6.36. The van der Waals surface area contributed by atoms with Crippen LogP contribution < -0.4 is 5.32 Å². The van der Waals surface area contributed by atoms with Crippen LogP contribution in [0, 0.1) is 0 Å². The first-order valence-corrected chi connectivity index (χ1v) is 7.41. The van der Waals surface area contributed by atoms with Gasteiger partial charge in [-0.3, -0.25) is 0 Å². The Bertz CT molecular complexity index is 236. The Morgan fingerprint density at radius 1 is 1.20 bits per heavy atom. The SMILES string of the molecule is CC1SCCCC1NC1CC2CCC1O2. The van der Waals surface area contributed by atoms with Gasteiger partial charge in [0, 0.05) is 17.3 Å². The maximum Gasteiger partial charge on any atom is 0.0733 e. The van der Waals surface area contributed by atoms with Crippen molar-refractivity contribution in [1.82, 2.24) is 5.32 Å². The van der Waals surface area contributed by atoms with Crippen LogP contribution in [0.25, 0.3) is 0 Å².